The maximum atomic E-state index is 11.8. The van der Waals surface area contributed by atoms with Crippen molar-refractivity contribution in [1.82, 2.24) is 10.6 Å². The van der Waals surface area contributed by atoms with E-state index in [4.69, 9.17) is 14.9 Å². The van der Waals surface area contributed by atoms with Gasteiger partial charge in [-0.15, -0.1) is 0 Å². The lowest BCUT2D eigenvalue weighted by Gasteiger charge is -2.28. The Bertz CT molecular complexity index is 381. The third-order valence-corrected chi connectivity index (χ3v) is 3.58. The third-order valence-electron chi connectivity index (χ3n) is 3.58. The molecule has 0 aliphatic carbocycles. The van der Waals surface area contributed by atoms with Gasteiger partial charge in [-0.25, -0.2) is 9.59 Å². The van der Waals surface area contributed by atoms with Crippen LogP contribution < -0.4 is 10.6 Å². The van der Waals surface area contributed by atoms with E-state index in [0.717, 1.165) is 12.8 Å². The van der Waals surface area contributed by atoms with Crippen molar-refractivity contribution < 1.29 is 29.3 Å². The minimum Gasteiger partial charge on any atom is -0.481 e. The van der Waals surface area contributed by atoms with E-state index in [0.29, 0.717) is 19.1 Å². The van der Waals surface area contributed by atoms with E-state index in [9.17, 15) is 14.4 Å². The standard InChI is InChI=1S/C13H22N2O6/c1-8(9-4-6-21-7-5-9)14-13(20)15-10(12(18)19)2-3-11(16)17/h8-10H,2-7H2,1H3,(H,16,17)(H,18,19)(H2,14,15,20). The minimum atomic E-state index is -1.25. The number of nitrogens with one attached hydrogen (secondary N) is 2. The topological polar surface area (TPSA) is 125 Å². The summed E-state index contributed by atoms with van der Waals surface area (Å²) in [7, 11) is 0. The van der Waals surface area contributed by atoms with Crippen molar-refractivity contribution in [1.29, 1.82) is 0 Å². The van der Waals surface area contributed by atoms with Crippen LogP contribution >= 0.6 is 0 Å². The van der Waals surface area contributed by atoms with Crippen LogP contribution in [-0.4, -0.2) is 53.5 Å². The van der Waals surface area contributed by atoms with Crippen molar-refractivity contribution >= 4 is 18.0 Å². The lowest BCUT2D eigenvalue weighted by atomic mass is 9.93. The summed E-state index contributed by atoms with van der Waals surface area (Å²) in [6.07, 6.45) is 1.24. The highest BCUT2D eigenvalue weighted by Crippen LogP contribution is 2.18. The van der Waals surface area contributed by atoms with Gasteiger partial charge in [0.1, 0.15) is 6.04 Å². The molecule has 0 spiro atoms. The summed E-state index contributed by atoms with van der Waals surface area (Å²) in [5.41, 5.74) is 0. The summed E-state index contributed by atoms with van der Waals surface area (Å²) in [6.45, 7) is 3.19. The monoisotopic (exact) mass is 302 g/mol. The molecule has 1 rings (SSSR count). The highest BCUT2D eigenvalue weighted by atomic mass is 16.5. The Morgan fingerprint density at radius 1 is 1.19 bits per heavy atom. The van der Waals surface area contributed by atoms with Gasteiger partial charge in [-0.2, -0.15) is 0 Å². The minimum absolute atomic E-state index is 0.0946. The van der Waals surface area contributed by atoms with E-state index < -0.39 is 24.0 Å². The van der Waals surface area contributed by atoms with Crippen LogP contribution in [0.1, 0.15) is 32.6 Å². The van der Waals surface area contributed by atoms with E-state index in [1.165, 1.54) is 0 Å². The first-order valence-corrected chi connectivity index (χ1v) is 6.99. The number of carboxylic acid groups (broad SMARTS) is 2. The van der Waals surface area contributed by atoms with Gasteiger partial charge in [0.05, 0.1) is 0 Å². The average Bonchev–Trinajstić information content (AvgIpc) is 2.43. The zero-order chi connectivity index (χ0) is 15.8. The summed E-state index contributed by atoms with van der Waals surface area (Å²) >= 11 is 0. The molecule has 2 amide bonds. The van der Waals surface area contributed by atoms with Crippen molar-refractivity contribution in [3.63, 3.8) is 0 Å². The van der Waals surface area contributed by atoms with Crippen LogP contribution in [-0.2, 0) is 14.3 Å². The maximum Gasteiger partial charge on any atom is 0.326 e. The van der Waals surface area contributed by atoms with Crippen LogP contribution in [0.5, 0.6) is 0 Å². The van der Waals surface area contributed by atoms with Gasteiger partial charge in [0.15, 0.2) is 0 Å². The summed E-state index contributed by atoms with van der Waals surface area (Å²) in [5, 5.41) is 22.5. The van der Waals surface area contributed by atoms with Gasteiger partial charge in [0, 0.05) is 25.7 Å². The molecular formula is C13H22N2O6. The van der Waals surface area contributed by atoms with Crippen LogP contribution in [0.15, 0.2) is 0 Å². The molecule has 120 valence electrons. The largest absolute Gasteiger partial charge is 0.481 e. The summed E-state index contributed by atoms with van der Waals surface area (Å²) in [6, 6.07) is -1.89. The number of carbonyl (C=O) groups is 3. The molecule has 2 atom stereocenters. The van der Waals surface area contributed by atoms with Crippen LogP contribution in [0.4, 0.5) is 4.79 Å². The van der Waals surface area contributed by atoms with Gasteiger partial charge in [-0.3, -0.25) is 4.79 Å². The zero-order valence-corrected chi connectivity index (χ0v) is 12.0. The van der Waals surface area contributed by atoms with Crippen molar-refractivity contribution in [3.05, 3.63) is 0 Å². The Morgan fingerprint density at radius 3 is 2.33 bits per heavy atom. The fourth-order valence-electron chi connectivity index (χ4n) is 2.27. The lowest BCUT2D eigenvalue weighted by Crippen LogP contribution is -2.50. The van der Waals surface area contributed by atoms with Gasteiger partial charge in [-0.1, -0.05) is 0 Å². The predicted octanol–water partition coefficient (Wildman–Crippen LogP) is 0.419. The first-order valence-electron chi connectivity index (χ1n) is 6.99. The normalized spacial score (nSPS) is 18.5. The number of ether oxygens (including phenoxy) is 1. The number of carbonyl (C=O) groups excluding carboxylic acids is 1. The molecule has 21 heavy (non-hydrogen) atoms. The molecule has 0 saturated carbocycles. The Hall–Kier alpha value is -1.83. The summed E-state index contributed by atoms with van der Waals surface area (Å²) in [4.78, 5) is 33.2. The van der Waals surface area contributed by atoms with Crippen molar-refractivity contribution in [3.8, 4) is 0 Å². The Morgan fingerprint density at radius 2 is 1.81 bits per heavy atom. The number of hydrogen-bond acceptors (Lipinski definition) is 4. The Labute approximate surface area is 122 Å². The fraction of sp³-hybridized carbons (Fsp3) is 0.769. The van der Waals surface area contributed by atoms with Gasteiger partial charge >= 0.3 is 18.0 Å². The van der Waals surface area contributed by atoms with Crippen molar-refractivity contribution in [2.24, 2.45) is 5.92 Å². The molecule has 0 aromatic rings. The molecular weight excluding hydrogens is 280 g/mol. The van der Waals surface area contributed by atoms with Gasteiger partial charge in [0.25, 0.3) is 0 Å². The van der Waals surface area contributed by atoms with Gasteiger partial charge in [-0.05, 0) is 32.1 Å². The van der Waals surface area contributed by atoms with Crippen LogP contribution in [0.2, 0.25) is 0 Å². The molecule has 0 aromatic heterocycles. The van der Waals surface area contributed by atoms with Crippen LogP contribution in [0.25, 0.3) is 0 Å². The molecule has 0 radical (unpaired) electrons. The highest BCUT2D eigenvalue weighted by molar-refractivity contribution is 5.83. The maximum absolute atomic E-state index is 11.8. The van der Waals surface area contributed by atoms with Crippen molar-refractivity contribution in [2.75, 3.05) is 13.2 Å². The molecule has 0 aromatic carbocycles. The number of carboxylic acids is 2. The second-order valence-electron chi connectivity index (χ2n) is 5.18. The predicted molar refractivity (Wildman–Crippen MR) is 73.0 cm³/mol. The molecule has 1 saturated heterocycles. The third kappa shape index (κ3) is 6.44. The number of rotatable bonds is 7. The molecule has 4 N–H and O–H groups in total. The number of aliphatic carboxylic acids is 2. The first-order chi connectivity index (χ1) is 9.90. The molecule has 1 aliphatic heterocycles. The number of hydrogen-bond donors (Lipinski definition) is 4. The van der Waals surface area contributed by atoms with Crippen LogP contribution in [0.3, 0.4) is 0 Å². The molecule has 1 fully saturated rings. The highest BCUT2D eigenvalue weighted by Gasteiger charge is 2.25. The molecule has 2 unspecified atom stereocenters. The molecule has 0 bridgehead atoms. The Balaban J connectivity index is 2.41. The molecule has 1 heterocycles. The van der Waals surface area contributed by atoms with E-state index in [1.807, 2.05) is 6.92 Å². The van der Waals surface area contributed by atoms with Gasteiger partial charge < -0.3 is 25.6 Å². The molecule has 1 aliphatic rings. The summed E-state index contributed by atoms with van der Waals surface area (Å²) < 4.78 is 5.24. The quantitative estimate of drug-likeness (QED) is 0.540. The van der Waals surface area contributed by atoms with Gasteiger partial charge in [0.2, 0.25) is 0 Å². The molecule has 8 heteroatoms. The number of urea groups is 1. The van der Waals surface area contributed by atoms with Crippen molar-refractivity contribution in [2.45, 2.75) is 44.7 Å². The van der Waals surface area contributed by atoms with E-state index in [1.54, 1.807) is 0 Å². The summed E-state index contributed by atoms with van der Waals surface area (Å²) in [5.74, 6) is -2.05. The SMILES string of the molecule is CC(NC(=O)NC(CCC(=O)O)C(=O)O)C1CCOCC1. The van der Waals surface area contributed by atoms with E-state index in [-0.39, 0.29) is 18.9 Å². The Kier molecular flexibility index (Phi) is 6.93. The van der Waals surface area contributed by atoms with E-state index in [2.05, 4.69) is 10.6 Å². The second kappa shape index (κ2) is 8.46. The van der Waals surface area contributed by atoms with Crippen LogP contribution in [0, 0.1) is 5.92 Å². The zero-order valence-electron chi connectivity index (χ0n) is 12.0. The lowest BCUT2D eigenvalue weighted by molar-refractivity contribution is -0.140. The van der Waals surface area contributed by atoms with E-state index >= 15 is 0 Å². The average molecular weight is 302 g/mol. The first kappa shape index (κ1) is 17.2. The molecule has 8 nitrogen and oxygen atoms in total. The second-order valence-corrected chi connectivity index (χ2v) is 5.18. The fourth-order valence-corrected chi connectivity index (χ4v) is 2.27. The number of amides is 2. The smallest absolute Gasteiger partial charge is 0.326 e.